The molecule has 2 aromatic carbocycles. The summed E-state index contributed by atoms with van der Waals surface area (Å²) in [5.41, 5.74) is 1.96. The second-order valence-corrected chi connectivity index (χ2v) is 7.70. The predicted octanol–water partition coefficient (Wildman–Crippen LogP) is 4.67. The number of amides is 3. The molecule has 0 saturated carbocycles. The Kier molecular flexibility index (Phi) is 7.47. The molecule has 168 valence electrons. The number of rotatable bonds is 8. The molecule has 32 heavy (non-hydrogen) atoms. The average molecular weight is 462 g/mol. The van der Waals surface area contributed by atoms with Gasteiger partial charge in [-0.05, 0) is 67.1 Å². The van der Waals surface area contributed by atoms with Gasteiger partial charge in [0.25, 0.3) is 11.1 Å². The molecule has 0 radical (unpaired) electrons. The molecule has 1 aliphatic heterocycles. The number of benzene rings is 2. The Hall–Kier alpha value is -3.40. The maximum absolute atomic E-state index is 12.7. The number of ether oxygens (including phenoxy) is 2. The van der Waals surface area contributed by atoms with E-state index in [1.807, 2.05) is 13.0 Å². The van der Waals surface area contributed by atoms with E-state index in [9.17, 15) is 23.2 Å². The van der Waals surface area contributed by atoms with Crippen LogP contribution >= 0.6 is 11.8 Å². The molecule has 0 unspecified atom stereocenters. The van der Waals surface area contributed by atoms with Crippen molar-refractivity contribution in [3.8, 4) is 11.5 Å². The number of thioether (sulfide) groups is 1. The van der Waals surface area contributed by atoms with Crippen LogP contribution in [0, 0.1) is 6.92 Å². The second kappa shape index (κ2) is 10.3. The number of nitrogens with one attached hydrogen (secondary N) is 1. The molecular weight excluding hydrogens is 442 g/mol. The molecular formula is C22H20F2N2O5S. The fourth-order valence-electron chi connectivity index (χ4n) is 2.93. The van der Waals surface area contributed by atoms with Crippen molar-refractivity contribution in [3.63, 3.8) is 0 Å². The summed E-state index contributed by atoms with van der Waals surface area (Å²) in [7, 11) is 0. The molecule has 2 aromatic rings. The van der Waals surface area contributed by atoms with E-state index in [0.29, 0.717) is 23.0 Å². The minimum Gasteiger partial charge on any atom is -0.490 e. The van der Waals surface area contributed by atoms with Crippen LogP contribution in [0.25, 0.3) is 6.08 Å². The lowest BCUT2D eigenvalue weighted by atomic mass is 10.2. The van der Waals surface area contributed by atoms with Gasteiger partial charge in [0, 0.05) is 5.69 Å². The summed E-state index contributed by atoms with van der Waals surface area (Å²) in [6.45, 7) is 0.339. The summed E-state index contributed by atoms with van der Waals surface area (Å²) in [5.74, 6) is -1.19. The van der Waals surface area contributed by atoms with Gasteiger partial charge in [-0.3, -0.25) is 19.3 Å². The first-order valence-electron chi connectivity index (χ1n) is 9.60. The fraction of sp³-hybridized carbons (Fsp3) is 0.227. The number of carbonyl (C=O) groups excluding carboxylic acids is 3. The lowest BCUT2D eigenvalue weighted by Crippen LogP contribution is -2.36. The number of nitrogens with zero attached hydrogens (tertiary/aromatic N) is 1. The van der Waals surface area contributed by atoms with Gasteiger partial charge in [-0.1, -0.05) is 18.2 Å². The molecule has 3 rings (SSSR count). The normalized spacial score (nSPS) is 14.9. The van der Waals surface area contributed by atoms with E-state index in [2.05, 4.69) is 10.1 Å². The lowest BCUT2D eigenvalue weighted by molar-refractivity contribution is -0.127. The second-order valence-electron chi connectivity index (χ2n) is 6.70. The summed E-state index contributed by atoms with van der Waals surface area (Å²) in [6.07, 6.45) is 1.43. The number of hydrogen-bond acceptors (Lipinski definition) is 6. The molecule has 0 atom stereocenters. The van der Waals surface area contributed by atoms with Gasteiger partial charge in [-0.25, -0.2) is 0 Å². The molecule has 0 spiro atoms. The zero-order chi connectivity index (χ0) is 23.3. The van der Waals surface area contributed by atoms with E-state index in [4.69, 9.17) is 4.74 Å². The summed E-state index contributed by atoms with van der Waals surface area (Å²) in [5, 5.41) is 2.07. The van der Waals surface area contributed by atoms with Crippen LogP contribution in [0.3, 0.4) is 0 Å². The Balaban J connectivity index is 1.73. The fourth-order valence-corrected chi connectivity index (χ4v) is 3.77. The quantitative estimate of drug-likeness (QED) is 0.574. The average Bonchev–Trinajstić information content (AvgIpc) is 2.97. The van der Waals surface area contributed by atoms with Gasteiger partial charge >= 0.3 is 6.61 Å². The first-order chi connectivity index (χ1) is 15.3. The van der Waals surface area contributed by atoms with Crippen LogP contribution in [0.15, 0.2) is 47.4 Å². The predicted molar refractivity (Wildman–Crippen MR) is 117 cm³/mol. The van der Waals surface area contributed by atoms with Crippen LogP contribution in [0.5, 0.6) is 11.5 Å². The molecule has 1 aliphatic rings. The Morgan fingerprint density at radius 1 is 1.19 bits per heavy atom. The van der Waals surface area contributed by atoms with E-state index in [0.717, 1.165) is 10.5 Å². The first-order valence-corrected chi connectivity index (χ1v) is 10.4. The third-order valence-corrected chi connectivity index (χ3v) is 5.17. The molecule has 0 aromatic heterocycles. The van der Waals surface area contributed by atoms with Crippen molar-refractivity contribution in [2.45, 2.75) is 20.5 Å². The van der Waals surface area contributed by atoms with E-state index in [1.165, 1.54) is 24.3 Å². The zero-order valence-corrected chi connectivity index (χ0v) is 18.1. The Labute approximate surface area is 187 Å². The van der Waals surface area contributed by atoms with Gasteiger partial charge in [-0.2, -0.15) is 8.78 Å². The molecule has 1 N–H and O–H groups in total. The number of anilines is 1. The molecule has 10 heteroatoms. The Morgan fingerprint density at radius 3 is 2.66 bits per heavy atom. The largest absolute Gasteiger partial charge is 0.490 e. The van der Waals surface area contributed by atoms with Crippen LogP contribution < -0.4 is 14.8 Å². The highest BCUT2D eigenvalue weighted by atomic mass is 32.2. The van der Waals surface area contributed by atoms with Crippen molar-refractivity contribution in [2.75, 3.05) is 18.5 Å². The lowest BCUT2D eigenvalue weighted by Gasteiger charge is -2.13. The molecule has 7 nitrogen and oxygen atoms in total. The third-order valence-electron chi connectivity index (χ3n) is 4.26. The van der Waals surface area contributed by atoms with Crippen LogP contribution in [0.4, 0.5) is 19.3 Å². The topological polar surface area (TPSA) is 84.9 Å². The number of aryl methyl sites for hydroxylation is 1. The van der Waals surface area contributed by atoms with Crippen molar-refractivity contribution < 1.29 is 32.6 Å². The minimum atomic E-state index is -3.01. The van der Waals surface area contributed by atoms with Crippen molar-refractivity contribution in [3.05, 3.63) is 58.5 Å². The molecule has 0 bridgehead atoms. The van der Waals surface area contributed by atoms with Gasteiger partial charge in [0.1, 0.15) is 6.54 Å². The van der Waals surface area contributed by atoms with E-state index >= 15 is 0 Å². The van der Waals surface area contributed by atoms with Gasteiger partial charge in [0.15, 0.2) is 11.5 Å². The summed E-state index contributed by atoms with van der Waals surface area (Å²) in [6, 6.07) is 11.3. The van der Waals surface area contributed by atoms with E-state index in [-0.39, 0.29) is 23.0 Å². The van der Waals surface area contributed by atoms with Crippen LogP contribution in [-0.2, 0) is 9.59 Å². The van der Waals surface area contributed by atoms with E-state index in [1.54, 1.807) is 25.1 Å². The Bertz CT molecular complexity index is 1070. The number of hydrogen-bond donors (Lipinski definition) is 1. The van der Waals surface area contributed by atoms with Crippen molar-refractivity contribution in [1.29, 1.82) is 0 Å². The maximum atomic E-state index is 12.7. The smallest absolute Gasteiger partial charge is 0.387 e. The van der Waals surface area contributed by atoms with Crippen LogP contribution in [-0.4, -0.2) is 41.7 Å². The van der Waals surface area contributed by atoms with Gasteiger partial charge in [-0.15, -0.1) is 0 Å². The van der Waals surface area contributed by atoms with Crippen molar-refractivity contribution in [1.82, 2.24) is 4.90 Å². The monoisotopic (exact) mass is 462 g/mol. The molecule has 0 aliphatic carbocycles. The standard InChI is InChI=1S/C22H20F2N2O5S/c1-3-30-17-10-14(7-8-16(17)31-21(23)24)11-18-20(28)26(22(29)32-18)12-19(27)25-15-6-4-5-13(2)9-15/h4-11,21H,3,12H2,1-2H3,(H,25,27)/b18-11-. The SMILES string of the molecule is CCOc1cc(/C=C2\SC(=O)N(CC(=O)Nc3cccc(C)c3)C2=O)ccc1OC(F)F. The highest BCUT2D eigenvalue weighted by molar-refractivity contribution is 8.18. The highest BCUT2D eigenvalue weighted by Crippen LogP contribution is 2.35. The molecule has 1 saturated heterocycles. The molecule has 3 amide bonds. The molecule has 1 heterocycles. The third kappa shape index (κ3) is 5.85. The summed E-state index contributed by atoms with van der Waals surface area (Å²) in [4.78, 5) is 38.2. The maximum Gasteiger partial charge on any atom is 0.387 e. The number of imide groups is 1. The van der Waals surface area contributed by atoms with Crippen molar-refractivity contribution >= 4 is 40.6 Å². The van der Waals surface area contributed by atoms with Crippen molar-refractivity contribution in [2.24, 2.45) is 0 Å². The van der Waals surface area contributed by atoms with Gasteiger partial charge in [0.2, 0.25) is 5.91 Å². The Morgan fingerprint density at radius 2 is 1.97 bits per heavy atom. The van der Waals surface area contributed by atoms with Crippen LogP contribution in [0.1, 0.15) is 18.1 Å². The van der Waals surface area contributed by atoms with Gasteiger partial charge in [0.05, 0.1) is 11.5 Å². The van der Waals surface area contributed by atoms with Crippen LogP contribution in [0.2, 0.25) is 0 Å². The first kappa shape index (κ1) is 23.3. The minimum absolute atomic E-state index is 0.0818. The summed E-state index contributed by atoms with van der Waals surface area (Å²) < 4.78 is 34.8. The summed E-state index contributed by atoms with van der Waals surface area (Å²) >= 11 is 0.688. The molecule has 1 fully saturated rings. The van der Waals surface area contributed by atoms with E-state index < -0.39 is 30.2 Å². The van der Waals surface area contributed by atoms with Gasteiger partial charge < -0.3 is 14.8 Å². The number of halogens is 2. The number of carbonyl (C=O) groups is 3. The zero-order valence-electron chi connectivity index (χ0n) is 17.3. The number of alkyl halides is 2. The highest BCUT2D eigenvalue weighted by Gasteiger charge is 2.36.